The summed E-state index contributed by atoms with van der Waals surface area (Å²) in [5.41, 5.74) is 1.13. The smallest absolute Gasteiger partial charge is 0.272 e. The van der Waals surface area contributed by atoms with Crippen LogP contribution in [0.25, 0.3) is 0 Å². The molecule has 0 unspecified atom stereocenters. The fourth-order valence-electron chi connectivity index (χ4n) is 2.64. The van der Waals surface area contributed by atoms with Gasteiger partial charge in [-0.2, -0.15) is 0 Å². The first kappa shape index (κ1) is 17.0. The van der Waals surface area contributed by atoms with Gasteiger partial charge in [-0.3, -0.25) is 4.79 Å². The second-order valence-corrected chi connectivity index (χ2v) is 6.83. The lowest BCUT2D eigenvalue weighted by Crippen LogP contribution is -2.38. The second kappa shape index (κ2) is 7.36. The molecule has 0 radical (unpaired) electrons. The number of piperidine rings is 1. The van der Waals surface area contributed by atoms with Crippen LogP contribution in [0.5, 0.6) is 0 Å². The summed E-state index contributed by atoms with van der Waals surface area (Å²) >= 11 is 11.9. The maximum absolute atomic E-state index is 12.6. The molecule has 24 heavy (non-hydrogen) atoms. The number of nitrogens with one attached hydrogen (secondary N) is 1. The molecule has 3 rings (SSSR count). The Kier molecular flexibility index (Phi) is 5.21. The monoisotopic (exact) mass is 364 g/mol. The number of likely N-dealkylation sites (tertiary alicyclic amines) is 1. The van der Waals surface area contributed by atoms with Crippen LogP contribution in [-0.2, 0) is 0 Å². The van der Waals surface area contributed by atoms with Crippen LogP contribution in [0.3, 0.4) is 0 Å². The van der Waals surface area contributed by atoms with Crippen LogP contribution in [0.2, 0.25) is 10.0 Å². The predicted molar refractivity (Wildman–Crippen MR) is 96.1 cm³/mol. The number of hydrogen-bond donors (Lipinski definition) is 1. The summed E-state index contributed by atoms with van der Waals surface area (Å²) in [4.78, 5) is 22.7. The Hall–Kier alpha value is -1.85. The molecule has 1 saturated heterocycles. The summed E-state index contributed by atoms with van der Waals surface area (Å²) < 4.78 is 0. The second-order valence-electron chi connectivity index (χ2n) is 6.02. The summed E-state index contributed by atoms with van der Waals surface area (Å²) in [6, 6.07) is 6.86. The van der Waals surface area contributed by atoms with Crippen LogP contribution in [0.1, 0.15) is 30.3 Å². The van der Waals surface area contributed by atoms with Gasteiger partial charge < -0.3 is 10.2 Å². The van der Waals surface area contributed by atoms with Crippen molar-refractivity contribution in [3.8, 4) is 0 Å². The highest BCUT2D eigenvalue weighted by Crippen LogP contribution is 2.26. The molecule has 0 aliphatic carbocycles. The third-order valence-corrected chi connectivity index (χ3v) is 4.89. The first-order chi connectivity index (χ1) is 11.5. The van der Waals surface area contributed by atoms with E-state index in [0.717, 1.165) is 31.6 Å². The lowest BCUT2D eigenvalue weighted by molar-refractivity contribution is 0.0691. The summed E-state index contributed by atoms with van der Waals surface area (Å²) in [7, 11) is 0. The van der Waals surface area contributed by atoms with Crippen LogP contribution in [0.4, 0.5) is 11.5 Å². The quantitative estimate of drug-likeness (QED) is 0.876. The first-order valence-electron chi connectivity index (χ1n) is 7.86. The number of anilines is 2. The Bertz CT molecular complexity index is 745. The molecule has 0 saturated carbocycles. The molecule has 2 heterocycles. The van der Waals surface area contributed by atoms with Crippen LogP contribution >= 0.6 is 23.2 Å². The molecule has 1 aliphatic rings. The molecule has 1 aliphatic heterocycles. The number of rotatable bonds is 3. The summed E-state index contributed by atoms with van der Waals surface area (Å²) in [5.74, 6) is 1.16. The van der Waals surface area contributed by atoms with E-state index in [1.807, 2.05) is 4.90 Å². The normalized spacial score (nSPS) is 15.4. The Balaban J connectivity index is 1.73. The number of benzene rings is 1. The minimum Gasteiger partial charge on any atom is -0.340 e. The van der Waals surface area contributed by atoms with Crippen molar-refractivity contribution in [2.45, 2.75) is 19.8 Å². The molecule has 1 N–H and O–H groups in total. The van der Waals surface area contributed by atoms with E-state index in [1.54, 1.807) is 24.3 Å². The Labute approximate surface area is 151 Å². The zero-order valence-corrected chi connectivity index (χ0v) is 14.8. The number of hydrogen-bond acceptors (Lipinski definition) is 4. The van der Waals surface area contributed by atoms with E-state index in [0.29, 0.717) is 27.5 Å². The van der Waals surface area contributed by atoms with Gasteiger partial charge in [-0.05, 0) is 37.0 Å². The predicted octanol–water partition coefficient (Wildman–Crippen LogP) is 4.40. The molecule has 1 aromatic heterocycles. The van der Waals surface area contributed by atoms with E-state index in [-0.39, 0.29) is 5.91 Å². The highest BCUT2D eigenvalue weighted by atomic mass is 35.5. The molecule has 0 bridgehead atoms. The SMILES string of the molecule is CC1CCN(C(=O)c2cc(Nc3ccc(Cl)c(Cl)c3)ncn2)CC1. The van der Waals surface area contributed by atoms with Crippen LogP contribution in [0, 0.1) is 5.92 Å². The van der Waals surface area contributed by atoms with Crippen molar-refractivity contribution in [1.82, 2.24) is 14.9 Å². The van der Waals surface area contributed by atoms with E-state index >= 15 is 0 Å². The van der Waals surface area contributed by atoms with Crippen molar-refractivity contribution in [1.29, 1.82) is 0 Å². The van der Waals surface area contributed by atoms with E-state index in [2.05, 4.69) is 22.2 Å². The number of carbonyl (C=O) groups excluding carboxylic acids is 1. The zero-order valence-electron chi connectivity index (χ0n) is 13.3. The van der Waals surface area contributed by atoms with Crippen molar-refractivity contribution in [3.05, 3.63) is 46.3 Å². The van der Waals surface area contributed by atoms with Gasteiger partial charge in [0, 0.05) is 24.8 Å². The molecular weight excluding hydrogens is 347 g/mol. The van der Waals surface area contributed by atoms with E-state index in [9.17, 15) is 4.79 Å². The third-order valence-electron chi connectivity index (χ3n) is 4.15. The highest BCUT2D eigenvalue weighted by Gasteiger charge is 2.22. The molecule has 7 heteroatoms. The van der Waals surface area contributed by atoms with Crippen molar-refractivity contribution in [2.75, 3.05) is 18.4 Å². The van der Waals surface area contributed by atoms with Gasteiger partial charge in [-0.15, -0.1) is 0 Å². The number of carbonyl (C=O) groups is 1. The van der Waals surface area contributed by atoms with Crippen molar-refractivity contribution in [2.24, 2.45) is 5.92 Å². The van der Waals surface area contributed by atoms with Gasteiger partial charge in [0.2, 0.25) is 0 Å². The average molecular weight is 365 g/mol. The Morgan fingerprint density at radius 3 is 2.62 bits per heavy atom. The maximum atomic E-state index is 12.6. The number of amides is 1. The summed E-state index contributed by atoms with van der Waals surface area (Å²) in [6.07, 6.45) is 3.45. The molecule has 2 aromatic rings. The van der Waals surface area contributed by atoms with Crippen molar-refractivity contribution in [3.63, 3.8) is 0 Å². The first-order valence-corrected chi connectivity index (χ1v) is 8.62. The number of halogens is 2. The van der Waals surface area contributed by atoms with Crippen LogP contribution in [0.15, 0.2) is 30.6 Å². The van der Waals surface area contributed by atoms with Gasteiger partial charge in [0.15, 0.2) is 0 Å². The minimum absolute atomic E-state index is 0.0542. The number of aromatic nitrogens is 2. The molecular formula is C17H18Cl2N4O. The van der Waals surface area contributed by atoms with Gasteiger partial charge in [-0.25, -0.2) is 9.97 Å². The average Bonchev–Trinajstić information content (AvgIpc) is 2.58. The fourth-order valence-corrected chi connectivity index (χ4v) is 2.94. The largest absolute Gasteiger partial charge is 0.340 e. The zero-order chi connectivity index (χ0) is 17.1. The Morgan fingerprint density at radius 2 is 1.92 bits per heavy atom. The van der Waals surface area contributed by atoms with Gasteiger partial charge in [0.1, 0.15) is 17.8 Å². The van der Waals surface area contributed by atoms with Crippen LogP contribution in [-0.4, -0.2) is 33.9 Å². The Morgan fingerprint density at radius 1 is 1.17 bits per heavy atom. The molecule has 126 valence electrons. The van der Waals surface area contributed by atoms with Gasteiger partial charge in [-0.1, -0.05) is 30.1 Å². The highest BCUT2D eigenvalue weighted by molar-refractivity contribution is 6.42. The molecule has 0 spiro atoms. The lowest BCUT2D eigenvalue weighted by Gasteiger charge is -2.30. The molecule has 1 fully saturated rings. The lowest BCUT2D eigenvalue weighted by atomic mass is 9.99. The van der Waals surface area contributed by atoms with Gasteiger partial charge in [0.25, 0.3) is 5.91 Å². The molecule has 1 amide bonds. The minimum atomic E-state index is -0.0542. The van der Waals surface area contributed by atoms with Crippen molar-refractivity contribution < 1.29 is 4.79 Å². The van der Waals surface area contributed by atoms with E-state index in [4.69, 9.17) is 23.2 Å². The summed E-state index contributed by atoms with van der Waals surface area (Å²) in [6.45, 7) is 3.77. The van der Waals surface area contributed by atoms with E-state index in [1.165, 1.54) is 6.33 Å². The molecule has 0 atom stereocenters. The van der Waals surface area contributed by atoms with Crippen molar-refractivity contribution >= 4 is 40.6 Å². The van der Waals surface area contributed by atoms with Gasteiger partial charge >= 0.3 is 0 Å². The standard InChI is InChI=1S/C17H18Cl2N4O/c1-11-4-6-23(7-5-11)17(24)15-9-16(21-10-20-15)22-12-2-3-13(18)14(19)8-12/h2-3,8-11H,4-7H2,1H3,(H,20,21,22). The molecule has 5 nitrogen and oxygen atoms in total. The van der Waals surface area contributed by atoms with Crippen LogP contribution < -0.4 is 5.32 Å². The fraction of sp³-hybridized carbons (Fsp3) is 0.353. The topological polar surface area (TPSA) is 58.1 Å². The van der Waals surface area contributed by atoms with Gasteiger partial charge in [0.05, 0.1) is 10.0 Å². The third kappa shape index (κ3) is 3.97. The maximum Gasteiger partial charge on any atom is 0.272 e. The van der Waals surface area contributed by atoms with E-state index < -0.39 is 0 Å². The number of nitrogens with zero attached hydrogens (tertiary/aromatic N) is 3. The summed E-state index contributed by atoms with van der Waals surface area (Å²) in [5, 5.41) is 4.05. The molecule has 1 aromatic carbocycles.